The van der Waals surface area contributed by atoms with Crippen LogP contribution in [0.25, 0.3) is 0 Å². The number of hydrogen-bond acceptors (Lipinski definition) is 3. The Morgan fingerprint density at radius 3 is 2.33 bits per heavy atom. The number of carbonyl (C=O) groups excluding carboxylic acids is 1. The molecule has 0 saturated carbocycles. The molecule has 0 N–H and O–H groups in total. The minimum Gasteiger partial charge on any atom is -0.359 e. The van der Waals surface area contributed by atoms with E-state index in [0.717, 1.165) is 49.9 Å². The highest BCUT2D eigenvalue weighted by Gasteiger charge is 2.40. The molecule has 0 aliphatic carbocycles. The monoisotopic (exact) mass is 411 g/mol. The van der Waals surface area contributed by atoms with Crippen LogP contribution in [0.1, 0.15) is 74.4 Å². The first-order chi connectivity index (χ1) is 14.3. The van der Waals surface area contributed by atoms with Crippen molar-refractivity contribution < 1.29 is 13.9 Å². The summed E-state index contributed by atoms with van der Waals surface area (Å²) < 4.78 is 19.5. The highest BCUT2D eigenvalue weighted by atomic mass is 19.1. The fraction of sp³-hybridized carbons (Fsp3) is 0.500. The van der Waals surface area contributed by atoms with Gasteiger partial charge in [-0.15, -0.1) is 0 Å². The summed E-state index contributed by atoms with van der Waals surface area (Å²) in [6.45, 7) is 8.21. The van der Waals surface area contributed by atoms with E-state index in [-0.39, 0.29) is 17.0 Å². The lowest BCUT2D eigenvalue weighted by molar-refractivity contribution is -0.165. The third-order valence-corrected chi connectivity index (χ3v) is 6.24. The lowest BCUT2D eigenvalue weighted by Gasteiger charge is -2.46. The molecule has 1 aliphatic heterocycles. The number of hydrogen-bond donors (Lipinski definition) is 0. The van der Waals surface area contributed by atoms with Crippen molar-refractivity contribution in [3.05, 3.63) is 71.0 Å². The predicted octanol–water partition coefficient (Wildman–Crippen LogP) is 6.07. The summed E-state index contributed by atoms with van der Waals surface area (Å²) in [5, 5.41) is 0. The van der Waals surface area contributed by atoms with Gasteiger partial charge in [0.1, 0.15) is 11.5 Å². The molecule has 3 nitrogen and oxygen atoms in total. The SMILES string of the molecule is COC1(c2ccc(F)cc2)CCCCN1CCCC(=O)c1ccc(C(C)(C)C)cc1. The Bertz CT molecular complexity index is 839. The number of benzene rings is 2. The predicted molar refractivity (Wildman–Crippen MR) is 119 cm³/mol. The van der Waals surface area contributed by atoms with Crippen LogP contribution in [0.15, 0.2) is 48.5 Å². The zero-order valence-electron chi connectivity index (χ0n) is 18.7. The average Bonchev–Trinajstić information content (AvgIpc) is 2.74. The van der Waals surface area contributed by atoms with Crippen molar-refractivity contribution in [3.63, 3.8) is 0 Å². The standard InChI is InChI=1S/C26H34FNO2/c1-25(2,3)21-11-9-20(10-12-21)24(29)8-7-19-28-18-6-5-17-26(28,30-4)22-13-15-23(27)16-14-22/h9-16H,5-8,17-19H2,1-4H3. The molecule has 2 aromatic carbocycles. The van der Waals surface area contributed by atoms with Crippen LogP contribution in [-0.2, 0) is 15.9 Å². The summed E-state index contributed by atoms with van der Waals surface area (Å²) in [4.78, 5) is 15.0. The van der Waals surface area contributed by atoms with Crippen LogP contribution in [0, 0.1) is 5.82 Å². The number of piperidine rings is 1. The van der Waals surface area contributed by atoms with E-state index in [9.17, 15) is 9.18 Å². The van der Waals surface area contributed by atoms with Crippen LogP contribution in [0.5, 0.6) is 0 Å². The average molecular weight is 412 g/mol. The van der Waals surface area contributed by atoms with E-state index in [2.05, 4.69) is 37.8 Å². The van der Waals surface area contributed by atoms with Gasteiger partial charge in [0.25, 0.3) is 0 Å². The number of nitrogens with zero attached hydrogens (tertiary/aromatic N) is 1. The van der Waals surface area contributed by atoms with Crippen LogP contribution < -0.4 is 0 Å². The van der Waals surface area contributed by atoms with Crippen molar-refractivity contribution in [2.24, 2.45) is 0 Å². The maximum atomic E-state index is 13.4. The van der Waals surface area contributed by atoms with Crippen molar-refractivity contribution in [3.8, 4) is 0 Å². The first-order valence-corrected chi connectivity index (χ1v) is 11.0. The van der Waals surface area contributed by atoms with Gasteiger partial charge in [-0.25, -0.2) is 4.39 Å². The van der Waals surface area contributed by atoms with E-state index in [4.69, 9.17) is 4.74 Å². The second-order valence-corrected chi connectivity index (χ2v) is 9.29. The highest BCUT2D eigenvalue weighted by Crippen LogP contribution is 2.38. The van der Waals surface area contributed by atoms with Gasteiger partial charge in [-0.2, -0.15) is 0 Å². The topological polar surface area (TPSA) is 29.5 Å². The molecule has 0 spiro atoms. The molecule has 1 heterocycles. The van der Waals surface area contributed by atoms with Gasteiger partial charge >= 0.3 is 0 Å². The summed E-state index contributed by atoms with van der Waals surface area (Å²) >= 11 is 0. The van der Waals surface area contributed by atoms with Gasteiger partial charge in [0.2, 0.25) is 0 Å². The number of Topliss-reactive ketones (excluding diaryl/α,β-unsaturated/α-hetero) is 1. The van der Waals surface area contributed by atoms with E-state index < -0.39 is 5.72 Å². The number of ketones is 1. The zero-order valence-corrected chi connectivity index (χ0v) is 18.7. The molecule has 0 radical (unpaired) electrons. The molecule has 1 fully saturated rings. The summed E-state index contributed by atoms with van der Waals surface area (Å²) in [6.07, 6.45) is 4.33. The molecule has 30 heavy (non-hydrogen) atoms. The Hall–Kier alpha value is -2.04. The molecular formula is C26H34FNO2. The normalized spacial score (nSPS) is 20.3. The minimum absolute atomic E-state index is 0.0830. The van der Waals surface area contributed by atoms with Gasteiger partial charge in [-0.3, -0.25) is 9.69 Å². The van der Waals surface area contributed by atoms with Gasteiger partial charge in [0.05, 0.1) is 0 Å². The summed E-state index contributed by atoms with van der Waals surface area (Å²) in [5.41, 5.74) is 2.54. The molecule has 2 aromatic rings. The van der Waals surface area contributed by atoms with E-state index in [1.807, 2.05) is 24.3 Å². The number of rotatable bonds is 7. The Morgan fingerprint density at radius 1 is 1.07 bits per heavy atom. The fourth-order valence-corrected chi connectivity index (χ4v) is 4.42. The van der Waals surface area contributed by atoms with E-state index in [0.29, 0.717) is 6.42 Å². The smallest absolute Gasteiger partial charge is 0.162 e. The maximum Gasteiger partial charge on any atom is 0.162 e. The molecular weight excluding hydrogens is 377 g/mol. The second kappa shape index (κ2) is 9.40. The van der Waals surface area contributed by atoms with E-state index >= 15 is 0 Å². The van der Waals surface area contributed by atoms with Crippen LogP contribution in [0.2, 0.25) is 0 Å². The van der Waals surface area contributed by atoms with Crippen molar-refractivity contribution in [1.29, 1.82) is 0 Å². The molecule has 4 heteroatoms. The molecule has 1 saturated heterocycles. The quantitative estimate of drug-likeness (QED) is 0.518. The number of carbonyl (C=O) groups is 1. The lowest BCUT2D eigenvalue weighted by Crippen LogP contribution is -2.51. The van der Waals surface area contributed by atoms with Crippen LogP contribution in [0.3, 0.4) is 0 Å². The largest absolute Gasteiger partial charge is 0.359 e. The fourth-order valence-electron chi connectivity index (χ4n) is 4.42. The van der Waals surface area contributed by atoms with Gasteiger partial charge in [0, 0.05) is 32.2 Å². The molecule has 0 bridgehead atoms. The van der Waals surface area contributed by atoms with Crippen LogP contribution in [-0.4, -0.2) is 30.9 Å². The van der Waals surface area contributed by atoms with Gasteiger partial charge in [-0.05, 0) is 54.4 Å². The van der Waals surface area contributed by atoms with Crippen molar-refractivity contribution in [2.75, 3.05) is 20.2 Å². The highest BCUT2D eigenvalue weighted by molar-refractivity contribution is 5.96. The van der Waals surface area contributed by atoms with Crippen LogP contribution in [0.4, 0.5) is 4.39 Å². The molecule has 1 atom stereocenters. The van der Waals surface area contributed by atoms with Gasteiger partial charge < -0.3 is 4.74 Å². The summed E-state index contributed by atoms with van der Waals surface area (Å²) in [5.74, 6) is -0.0623. The van der Waals surface area contributed by atoms with E-state index in [1.54, 1.807) is 7.11 Å². The molecule has 3 rings (SSSR count). The zero-order chi connectivity index (χ0) is 21.8. The van der Waals surface area contributed by atoms with Gasteiger partial charge in [0.15, 0.2) is 5.78 Å². The Labute approximate surface area is 180 Å². The minimum atomic E-state index is -0.538. The Morgan fingerprint density at radius 2 is 1.73 bits per heavy atom. The third kappa shape index (κ3) is 4.98. The summed E-state index contributed by atoms with van der Waals surface area (Å²) in [7, 11) is 1.73. The second-order valence-electron chi connectivity index (χ2n) is 9.29. The number of halogens is 1. The lowest BCUT2D eigenvalue weighted by atomic mass is 9.86. The number of ether oxygens (including phenoxy) is 1. The maximum absolute atomic E-state index is 13.4. The molecule has 0 amide bonds. The number of likely N-dealkylation sites (tertiary alicyclic amines) is 1. The summed E-state index contributed by atoms with van der Waals surface area (Å²) in [6, 6.07) is 14.6. The Balaban J connectivity index is 1.64. The Kier molecular flexibility index (Phi) is 7.10. The van der Waals surface area contributed by atoms with Crippen molar-refractivity contribution in [1.82, 2.24) is 4.90 Å². The number of methoxy groups -OCH3 is 1. The first kappa shape index (κ1) is 22.6. The van der Waals surface area contributed by atoms with Crippen molar-refractivity contribution in [2.45, 2.75) is 64.0 Å². The van der Waals surface area contributed by atoms with Crippen LogP contribution >= 0.6 is 0 Å². The first-order valence-electron chi connectivity index (χ1n) is 11.0. The van der Waals surface area contributed by atoms with E-state index in [1.165, 1.54) is 17.7 Å². The molecule has 1 unspecified atom stereocenters. The van der Waals surface area contributed by atoms with Crippen molar-refractivity contribution >= 4 is 5.78 Å². The third-order valence-electron chi connectivity index (χ3n) is 6.24. The van der Waals surface area contributed by atoms with Gasteiger partial charge in [-0.1, -0.05) is 57.2 Å². The molecule has 0 aromatic heterocycles. The molecule has 162 valence electrons. The molecule has 1 aliphatic rings.